The van der Waals surface area contributed by atoms with Crippen LogP contribution >= 0.6 is 0 Å². The van der Waals surface area contributed by atoms with Crippen LogP contribution in [-0.2, 0) is 0 Å². The van der Waals surface area contributed by atoms with Crippen molar-refractivity contribution >= 4 is 22.4 Å². The summed E-state index contributed by atoms with van der Waals surface area (Å²) in [4.78, 5) is 19.8. The first-order valence-electron chi connectivity index (χ1n) is 9.73. The number of pyridine rings is 1. The van der Waals surface area contributed by atoms with Gasteiger partial charge in [0.2, 0.25) is 0 Å². The molecule has 1 fully saturated rings. The zero-order valence-electron chi connectivity index (χ0n) is 16.6. The van der Waals surface area contributed by atoms with E-state index < -0.39 is 0 Å². The van der Waals surface area contributed by atoms with Crippen LogP contribution in [0, 0.1) is 6.92 Å². The van der Waals surface area contributed by atoms with Gasteiger partial charge in [-0.15, -0.1) is 0 Å². The first-order valence-corrected chi connectivity index (χ1v) is 9.73. The molecule has 4 rings (SSSR count). The van der Waals surface area contributed by atoms with Crippen LogP contribution in [0.1, 0.15) is 34.6 Å². The smallest absolute Gasteiger partial charge is 0.252 e. The van der Waals surface area contributed by atoms with Crippen LogP contribution in [0.15, 0.2) is 54.7 Å². The highest BCUT2D eigenvalue weighted by Gasteiger charge is 2.23. The molecule has 144 valence electrons. The van der Waals surface area contributed by atoms with Crippen LogP contribution in [0.2, 0.25) is 0 Å². The van der Waals surface area contributed by atoms with Crippen molar-refractivity contribution in [1.29, 1.82) is 0 Å². The Morgan fingerprint density at radius 2 is 2.00 bits per heavy atom. The average Bonchev–Trinajstić information content (AvgIpc) is 2.66. The number of fused-ring (bicyclic) bond motifs is 1. The highest BCUT2D eigenvalue weighted by molar-refractivity contribution is 5.97. The van der Waals surface area contributed by atoms with Gasteiger partial charge in [0, 0.05) is 43.0 Å². The molecule has 5 nitrogen and oxygen atoms in total. The highest BCUT2D eigenvalue weighted by atomic mass is 16.1. The number of benzene rings is 2. The topological polar surface area (TPSA) is 57.3 Å². The summed E-state index contributed by atoms with van der Waals surface area (Å²) >= 11 is 0. The van der Waals surface area contributed by atoms with Crippen LogP contribution in [0.5, 0.6) is 0 Å². The van der Waals surface area contributed by atoms with E-state index in [4.69, 9.17) is 0 Å². The molecule has 3 aromatic rings. The van der Waals surface area contributed by atoms with Crippen LogP contribution in [0.25, 0.3) is 10.8 Å². The molecule has 2 heterocycles. The maximum Gasteiger partial charge on any atom is 0.252 e. The SMILES string of the molecule is Cc1ccc(N(C)C2CNC2)cc1C(=O)N[C@H](C)c1nccc2ccccc12. The van der Waals surface area contributed by atoms with Crippen LogP contribution < -0.4 is 15.5 Å². The molecule has 1 aliphatic rings. The monoisotopic (exact) mass is 374 g/mol. The molecular formula is C23H26N4O. The minimum Gasteiger partial charge on any atom is -0.369 e. The van der Waals surface area contributed by atoms with Gasteiger partial charge in [-0.25, -0.2) is 0 Å². The summed E-state index contributed by atoms with van der Waals surface area (Å²) in [6, 6.07) is 16.5. The van der Waals surface area contributed by atoms with E-state index in [0.29, 0.717) is 11.6 Å². The molecule has 1 amide bonds. The van der Waals surface area contributed by atoms with E-state index in [9.17, 15) is 4.79 Å². The second kappa shape index (κ2) is 7.60. The van der Waals surface area contributed by atoms with Crippen molar-refractivity contribution in [1.82, 2.24) is 15.6 Å². The zero-order chi connectivity index (χ0) is 19.7. The van der Waals surface area contributed by atoms with E-state index in [0.717, 1.165) is 40.8 Å². The van der Waals surface area contributed by atoms with Gasteiger partial charge in [0.05, 0.1) is 17.8 Å². The molecule has 1 atom stereocenters. The number of carbonyl (C=O) groups is 1. The van der Waals surface area contributed by atoms with Crippen molar-refractivity contribution in [3.63, 3.8) is 0 Å². The summed E-state index contributed by atoms with van der Waals surface area (Å²) in [6.07, 6.45) is 1.80. The third-order valence-corrected chi connectivity index (χ3v) is 5.64. The first-order chi connectivity index (χ1) is 13.5. The number of rotatable bonds is 5. The fourth-order valence-corrected chi connectivity index (χ4v) is 3.66. The lowest BCUT2D eigenvalue weighted by atomic mass is 10.0. The molecule has 2 aromatic carbocycles. The Morgan fingerprint density at radius 3 is 2.75 bits per heavy atom. The number of nitrogens with one attached hydrogen (secondary N) is 2. The fraction of sp³-hybridized carbons (Fsp3) is 0.304. The molecule has 2 N–H and O–H groups in total. The van der Waals surface area contributed by atoms with E-state index in [1.807, 2.05) is 50.2 Å². The normalized spacial score (nSPS) is 15.1. The zero-order valence-corrected chi connectivity index (χ0v) is 16.6. The molecule has 0 aliphatic carbocycles. The summed E-state index contributed by atoms with van der Waals surface area (Å²) in [5.41, 5.74) is 3.64. The molecule has 1 aromatic heterocycles. The van der Waals surface area contributed by atoms with Gasteiger partial charge < -0.3 is 15.5 Å². The number of anilines is 1. The predicted octanol–water partition coefficient (Wildman–Crippen LogP) is 3.44. The molecular weight excluding hydrogens is 348 g/mol. The minimum absolute atomic E-state index is 0.0679. The maximum atomic E-state index is 13.0. The van der Waals surface area contributed by atoms with E-state index in [1.54, 1.807) is 6.20 Å². The summed E-state index contributed by atoms with van der Waals surface area (Å²) in [5.74, 6) is -0.0679. The lowest BCUT2D eigenvalue weighted by Crippen LogP contribution is -2.56. The predicted molar refractivity (Wildman–Crippen MR) is 114 cm³/mol. The molecule has 0 saturated carbocycles. The van der Waals surface area contributed by atoms with E-state index in [2.05, 4.69) is 39.7 Å². The third kappa shape index (κ3) is 3.45. The first kappa shape index (κ1) is 18.4. The Hall–Kier alpha value is -2.92. The largest absolute Gasteiger partial charge is 0.369 e. The van der Waals surface area contributed by atoms with Gasteiger partial charge in [-0.2, -0.15) is 0 Å². The number of amides is 1. The number of nitrogens with zero attached hydrogens (tertiary/aromatic N) is 2. The summed E-state index contributed by atoms with van der Waals surface area (Å²) < 4.78 is 0. The standard InChI is InChI=1S/C23H26N4O/c1-15-8-9-18(27(3)19-13-24-14-19)12-21(15)23(28)26-16(2)22-20-7-5-4-6-17(20)10-11-25-22/h4-12,16,19,24H,13-14H2,1-3H3,(H,26,28)/t16-/m1/s1. The van der Waals surface area contributed by atoms with Gasteiger partial charge >= 0.3 is 0 Å². The minimum atomic E-state index is -0.185. The fourth-order valence-electron chi connectivity index (χ4n) is 3.66. The molecule has 0 unspecified atom stereocenters. The Balaban J connectivity index is 1.57. The lowest BCUT2D eigenvalue weighted by molar-refractivity contribution is 0.0939. The van der Waals surface area contributed by atoms with Crippen molar-refractivity contribution in [2.24, 2.45) is 0 Å². The van der Waals surface area contributed by atoms with Crippen LogP contribution in [0.3, 0.4) is 0 Å². The molecule has 5 heteroatoms. The number of carbonyl (C=O) groups excluding carboxylic acids is 1. The van der Waals surface area contributed by atoms with Crippen molar-refractivity contribution in [2.45, 2.75) is 25.9 Å². The Labute approximate surface area is 165 Å². The Morgan fingerprint density at radius 1 is 1.21 bits per heavy atom. The quantitative estimate of drug-likeness (QED) is 0.718. The van der Waals surface area contributed by atoms with Crippen molar-refractivity contribution in [3.8, 4) is 0 Å². The van der Waals surface area contributed by atoms with E-state index in [1.165, 1.54) is 0 Å². The molecule has 0 radical (unpaired) electrons. The molecule has 0 bridgehead atoms. The summed E-state index contributed by atoms with van der Waals surface area (Å²) in [6.45, 7) is 5.92. The maximum absolute atomic E-state index is 13.0. The Kier molecular flexibility index (Phi) is 5.01. The molecule has 1 saturated heterocycles. The molecule has 28 heavy (non-hydrogen) atoms. The second-order valence-corrected chi connectivity index (χ2v) is 7.53. The van der Waals surface area contributed by atoms with Crippen LogP contribution in [0.4, 0.5) is 5.69 Å². The van der Waals surface area contributed by atoms with Gasteiger partial charge in [-0.3, -0.25) is 9.78 Å². The van der Waals surface area contributed by atoms with E-state index >= 15 is 0 Å². The number of likely N-dealkylation sites (N-methyl/N-ethyl adjacent to an activating group) is 1. The average molecular weight is 374 g/mol. The van der Waals surface area contributed by atoms with Gasteiger partial charge in [0.15, 0.2) is 0 Å². The molecule has 1 aliphatic heterocycles. The van der Waals surface area contributed by atoms with Gasteiger partial charge in [0.25, 0.3) is 5.91 Å². The highest BCUT2D eigenvalue weighted by Crippen LogP contribution is 2.24. The summed E-state index contributed by atoms with van der Waals surface area (Å²) in [7, 11) is 2.08. The lowest BCUT2D eigenvalue weighted by Gasteiger charge is -2.37. The third-order valence-electron chi connectivity index (χ3n) is 5.64. The summed E-state index contributed by atoms with van der Waals surface area (Å²) in [5, 5.41) is 8.63. The van der Waals surface area contributed by atoms with E-state index in [-0.39, 0.29) is 11.9 Å². The van der Waals surface area contributed by atoms with Crippen molar-refractivity contribution < 1.29 is 4.79 Å². The van der Waals surface area contributed by atoms with Gasteiger partial charge in [-0.1, -0.05) is 30.3 Å². The molecule has 0 spiro atoms. The number of aromatic nitrogens is 1. The number of aryl methyl sites for hydroxylation is 1. The van der Waals surface area contributed by atoms with Gasteiger partial charge in [0.1, 0.15) is 0 Å². The van der Waals surface area contributed by atoms with Crippen LogP contribution in [-0.4, -0.2) is 37.1 Å². The number of hydrogen-bond donors (Lipinski definition) is 2. The van der Waals surface area contributed by atoms with Gasteiger partial charge in [-0.05, 0) is 43.0 Å². The second-order valence-electron chi connectivity index (χ2n) is 7.53. The number of hydrogen-bond acceptors (Lipinski definition) is 4. The van der Waals surface area contributed by atoms with Crippen molar-refractivity contribution in [3.05, 3.63) is 71.5 Å². The Bertz CT molecular complexity index is 1010. The van der Waals surface area contributed by atoms with Crippen molar-refractivity contribution in [2.75, 3.05) is 25.0 Å².